The fourth-order valence-electron chi connectivity index (χ4n) is 3.48. The Hall–Kier alpha value is -1.88. The van der Waals surface area contributed by atoms with E-state index in [1.54, 1.807) is 12.3 Å². The average Bonchev–Trinajstić information content (AvgIpc) is 2.73. The molecule has 2 aromatic rings. The molecule has 0 saturated carbocycles. The van der Waals surface area contributed by atoms with Gasteiger partial charge in [-0.25, -0.2) is 0 Å². The first-order valence-corrected chi connectivity index (χ1v) is 9.58. The van der Waals surface area contributed by atoms with Crippen LogP contribution in [0.5, 0.6) is 0 Å². The minimum Gasteiger partial charge on any atom is -0.381 e. The summed E-state index contributed by atoms with van der Waals surface area (Å²) >= 11 is 0. The van der Waals surface area contributed by atoms with Crippen LogP contribution < -0.4 is 11.1 Å². The quantitative estimate of drug-likeness (QED) is 0.335. The number of benzene rings is 1. The van der Waals surface area contributed by atoms with Gasteiger partial charge >= 0.3 is 6.18 Å². The van der Waals surface area contributed by atoms with Crippen molar-refractivity contribution < 1.29 is 17.9 Å². The van der Waals surface area contributed by atoms with Crippen LogP contribution in [0.1, 0.15) is 29.7 Å². The molecule has 1 aliphatic heterocycles. The summed E-state index contributed by atoms with van der Waals surface area (Å²) in [7, 11) is 0. The molecule has 30 heavy (non-hydrogen) atoms. The van der Waals surface area contributed by atoms with Crippen LogP contribution in [0.3, 0.4) is 0 Å². The van der Waals surface area contributed by atoms with Gasteiger partial charge in [-0.3, -0.25) is 9.98 Å². The van der Waals surface area contributed by atoms with Crippen LogP contribution >= 0.6 is 24.0 Å². The summed E-state index contributed by atoms with van der Waals surface area (Å²) < 4.78 is 44.9. The molecule has 3 N–H and O–H groups in total. The number of nitrogens with one attached hydrogen (secondary N) is 1. The third-order valence-corrected chi connectivity index (χ3v) is 5.22. The highest BCUT2D eigenvalue weighted by Crippen LogP contribution is 2.38. The summed E-state index contributed by atoms with van der Waals surface area (Å²) in [4.78, 5) is 8.69. The second-order valence-electron chi connectivity index (χ2n) is 7.17. The Bertz CT molecular complexity index is 825. The molecule has 0 radical (unpaired) electrons. The molecule has 5 nitrogen and oxygen atoms in total. The summed E-state index contributed by atoms with van der Waals surface area (Å²) in [6.07, 6.45) is -0.754. The van der Waals surface area contributed by atoms with Gasteiger partial charge in [-0.2, -0.15) is 13.2 Å². The SMILES string of the molecule is I.NC(=NCC1(c2cccc(C(F)(F)F)c2)CCOCC1)NCCc1ccccn1. The first-order valence-electron chi connectivity index (χ1n) is 9.58. The van der Waals surface area contributed by atoms with Crippen molar-refractivity contribution in [3.8, 4) is 0 Å². The lowest BCUT2D eigenvalue weighted by atomic mass is 9.74. The summed E-state index contributed by atoms with van der Waals surface area (Å²) in [5.74, 6) is 0.277. The van der Waals surface area contributed by atoms with Gasteiger partial charge in [0.25, 0.3) is 0 Å². The maximum atomic E-state index is 13.2. The molecule has 0 spiro atoms. The number of hydrogen-bond acceptors (Lipinski definition) is 3. The van der Waals surface area contributed by atoms with E-state index in [1.165, 1.54) is 12.1 Å². The van der Waals surface area contributed by atoms with Gasteiger partial charge in [-0.15, -0.1) is 24.0 Å². The van der Waals surface area contributed by atoms with E-state index in [2.05, 4.69) is 15.3 Å². The van der Waals surface area contributed by atoms with E-state index in [-0.39, 0.29) is 29.9 Å². The monoisotopic (exact) mass is 534 g/mol. The van der Waals surface area contributed by atoms with Crippen molar-refractivity contribution in [3.05, 3.63) is 65.5 Å². The molecular weight excluding hydrogens is 508 g/mol. The Morgan fingerprint density at radius 3 is 2.60 bits per heavy atom. The third kappa shape index (κ3) is 6.56. The zero-order chi connectivity index (χ0) is 20.7. The Kier molecular flexibility index (Phi) is 8.90. The predicted molar refractivity (Wildman–Crippen MR) is 121 cm³/mol. The molecular formula is C21H26F3IN4O. The van der Waals surface area contributed by atoms with Gasteiger partial charge in [0.15, 0.2) is 5.96 Å². The molecule has 1 saturated heterocycles. The van der Waals surface area contributed by atoms with Gasteiger partial charge in [0.1, 0.15) is 0 Å². The number of nitrogens with zero attached hydrogens (tertiary/aromatic N) is 2. The largest absolute Gasteiger partial charge is 0.416 e. The highest BCUT2D eigenvalue weighted by molar-refractivity contribution is 14.0. The Balaban J connectivity index is 0.00000320. The normalized spacial score (nSPS) is 16.6. The standard InChI is InChI=1S/C21H25F3N4O.HI/c22-21(23,24)17-5-3-4-16(14-17)20(8-12-29-13-9-20)15-28-19(25)27-11-7-18-6-1-2-10-26-18;/h1-6,10,14H,7-9,11-13,15H2,(H3,25,27,28);1H. The maximum Gasteiger partial charge on any atom is 0.416 e. The summed E-state index contributed by atoms with van der Waals surface area (Å²) in [6.45, 7) is 1.85. The van der Waals surface area contributed by atoms with Gasteiger partial charge in [0, 0.05) is 43.5 Å². The van der Waals surface area contributed by atoms with Crippen LogP contribution in [0.15, 0.2) is 53.7 Å². The van der Waals surface area contributed by atoms with E-state index >= 15 is 0 Å². The lowest BCUT2D eigenvalue weighted by Crippen LogP contribution is -2.39. The van der Waals surface area contributed by atoms with Gasteiger partial charge in [-0.1, -0.05) is 24.3 Å². The van der Waals surface area contributed by atoms with Crippen LogP contribution in [0, 0.1) is 0 Å². The zero-order valence-corrected chi connectivity index (χ0v) is 18.8. The van der Waals surface area contributed by atoms with E-state index in [4.69, 9.17) is 10.5 Å². The van der Waals surface area contributed by atoms with Gasteiger partial charge in [0.2, 0.25) is 0 Å². The zero-order valence-electron chi connectivity index (χ0n) is 16.5. The van der Waals surface area contributed by atoms with Crippen LogP contribution in [-0.4, -0.2) is 37.2 Å². The summed E-state index contributed by atoms with van der Waals surface area (Å²) in [5.41, 5.74) is 6.40. The molecule has 1 fully saturated rings. The number of nitrogens with two attached hydrogens (primary N) is 1. The highest BCUT2D eigenvalue weighted by Gasteiger charge is 2.37. The number of hydrogen-bond donors (Lipinski definition) is 2. The topological polar surface area (TPSA) is 72.5 Å². The average molecular weight is 534 g/mol. The fraction of sp³-hybridized carbons (Fsp3) is 0.429. The third-order valence-electron chi connectivity index (χ3n) is 5.22. The van der Waals surface area contributed by atoms with Crippen molar-refractivity contribution in [3.63, 3.8) is 0 Å². The van der Waals surface area contributed by atoms with Gasteiger partial charge in [0.05, 0.1) is 12.1 Å². The lowest BCUT2D eigenvalue weighted by Gasteiger charge is -2.37. The molecule has 0 unspecified atom stereocenters. The number of aliphatic imine (C=N–C) groups is 1. The number of ether oxygens (including phenoxy) is 1. The molecule has 0 bridgehead atoms. The second-order valence-corrected chi connectivity index (χ2v) is 7.17. The van der Waals surface area contributed by atoms with E-state index in [9.17, 15) is 13.2 Å². The molecule has 0 atom stereocenters. The Labute approximate surface area is 191 Å². The molecule has 1 aromatic heterocycles. The number of halogens is 4. The minimum absolute atomic E-state index is 0. The number of rotatable bonds is 6. The Morgan fingerprint density at radius 1 is 1.17 bits per heavy atom. The number of alkyl halides is 3. The van der Waals surface area contributed by atoms with Crippen LogP contribution in [0.4, 0.5) is 13.2 Å². The molecule has 2 heterocycles. The number of aromatic nitrogens is 1. The molecule has 0 amide bonds. The van der Waals surface area contributed by atoms with E-state index in [1.807, 2.05) is 18.2 Å². The summed E-state index contributed by atoms with van der Waals surface area (Å²) in [5, 5.41) is 3.05. The van der Waals surface area contributed by atoms with Gasteiger partial charge < -0.3 is 15.8 Å². The van der Waals surface area contributed by atoms with Crippen molar-refractivity contribution in [2.24, 2.45) is 10.7 Å². The van der Waals surface area contributed by atoms with Crippen molar-refractivity contribution >= 4 is 29.9 Å². The van der Waals surface area contributed by atoms with Crippen molar-refractivity contribution in [1.29, 1.82) is 0 Å². The van der Waals surface area contributed by atoms with Crippen molar-refractivity contribution in [2.75, 3.05) is 26.3 Å². The Morgan fingerprint density at radius 2 is 1.93 bits per heavy atom. The minimum atomic E-state index is -4.38. The van der Waals surface area contributed by atoms with E-state index in [0.717, 1.165) is 11.8 Å². The summed E-state index contributed by atoms with van der Waals surface area (Å²) in [6, 6.07) is 11.2. The molecule has 3 rings (SSSR count). The molecule has 0 aliphatic carbocycles. The van der Waals surface area contributed by atoms with Gasteiger partial charge in [-0.05, 0) is 36.6 Å². The molecule has 1 aromatic carbocycles. The molecule has 9 heteroatoms. The van der Waals surface area contributed by atoms with Crippen molar-refractivity contribution in [2.45, 2.75) is 30.9 Å². The smallest absolute Gasteiger partial charge is 0.381 e. The molecule has 1 aliphatic rings. The highest BCUT2D eigenvalue weighted by atomic mass is 127. The first-order chi connectivity index (χ1) is 13.9. The number of guanidine groups is 1. The van der Waals surface area contributed by atoms with Crippen LogP contribution in [0.2, 0.25) is 0 Å². The second kappa shape index (κ2) is 10.9. The van der Waals surface area contributed by atoms with Crippen LogP contribution in [-0.2, 0) is 22.7 Å². The maximum absolute atomic E-state index is 13.2. The first kappa shape index (κ1) is 24.4. The lowest BCUT2D eigenvalue weighted by molar-refractivity contribution is -0.137. The van der Waals surface area contributed by atoms with E-state index in [0.29, 0.717) is 51.1 Å². The van der Waals surface area contributed by atoms with Crippen LogP contribution in [0.25, 0.3) is 0 Å². The van der Waals surface area contributed by atoms with E-state index < -0.39 is 17.2 Å². The molecule has 164 valence electrons. The predicted octanol–water partition coefficient (Wildman–Crippen LogP) is 3.91. The van der Waals surface area contributed by atoms with Crippen molar-refractivity contribution in [1.82, 2.24) is 10.3 Å². The fourth-order valence-corrected chi connectivity index (χ4v) is 3.48. The number of pyridine rings is 1.